The van der Waals surface area contributed by atoms with E-state index in [1.165, 1.54) is 0 Å². The number of ether oxygens (including phenoxy) is 1. The second-order valence-corrected chi connectivity index (χ2v) is 5.66. The monoisotopic (exact) mass is 345 g/mol. The highest BCUT2D eigenvalue weighted by Gasteiger charge is 2.12. The average molecular weight is 346 g/mol. The zero-order chi connectivity index (χ0) is 17.5. The minimum absolute atomic E-state index is 0.264. The number of carbonyl (C=O) groups excluding carboxylic acids is 2. The summed E-state index contributed by atoms with van der Waals surface area (Å²) >= 11 is 5.78. The second kappa shape index (κ2) is 8.50. The first-order valence-corrected chi connectivity index (χ1v) is 8.23. The standard InChI is InChI=1S/C19H20ClNO3/c1-3-21(4-2)17-11-7-15(8-12-17)19(23)24-13-18(22)14-5-9-16(20)10-6-14/h5-12H,3-4,13H2,1-2H3. The van der Waals surface area contributed by atoms with Crippen LogP contribution in [0.15, 0.2) is 48.5 Å². The van der Waals surface area contributed by atoms with Crippen molar-refractivity contribution in [2.75, 3.05) is 24.6 Å². The average Bonchev–Trinajstić information content (AvgIpc) is 2.61. The molecule has 0 aliphatic heterocycles. The number of Topliss-reactive ketones (excluding diaryl/α,β-unsaturated/α-hetero) is 1. The largest absolute Gasteiger partial charge is 0.454 e. The lowest BCUT2D eigenvalue weighted by Crippen LogP contribution is -2.21. The van der Waals surface area contributed by atoms with Crippen molar-refractivity contribution in [3.63, 3.8) is 0 Å². The first-order valence-electron chi connectivity index (χ1n) is 7.86. The van der Waals surface area contributed by atoms with E-state index in [-0.39, 0.29) is 12.4 Å². The predicted octanol–water partition coefficient (Wildman–Crippen LogP) is 4.23. The van der Waals surface area contributed by atoms with Crippen LogP contribution in [0.25, 0.3) is 0 Å². The highest BCUT2D eigenvalue weighted by atomic mass is 35.5. The highest BCUT2D eigenvalue weighted by molar-refractivity contribution is 6.30. The molecule has 4 nitrogen and oxygen atoms in total. The van der Waals surface area contributed by atoms with Crippen molar-refractivity contribution in [2.24, 2.45) is 0 Å². The maximum Gasteiger partial charge on any atom is 0.338 e. The van der Waals surface area contributed by atoms with Gasteiger partial charge in [-0.1, -0.05) is 11.6 Å². The van der Waals surface area contributed by atoms with Gasteiger partial charge in [0, 0.05) is 29.4 Å². The van der Waals surface area contributed by atoms with Gasteiger partial charge in [-0.25, -0.2) is 4.79 Å². The number of ketones is 1. The van der Waals surface area contributed by atoms with Crippen molar-refractivity contribution >= 4 is 29.0 Å². The van der Waals surface area contributed by atoms with Crippen LogP contribution in [0.3, 0.4) is 0 Å². The number of halogens is 1. The van der Waals surface area contributed by atoms with Crippen molar-refractivity contribution in [2.45, 2.75) is 13.8 Å². The Kier molecular flexibility index (Phi) is 6.38. The summed E-state index contributed by atoms with van der Waals surface area (Å²) < 4.78 is 5.09. The normalized spacial score (nSPS) is 10.3. The first-order chi connectivity index (χ1) is 11.5. The molecule has 0 aliphatic carbocycles. The SMILES string of the molecule is CCN(CC)c1ccc(C(=O)OCC(=O)c2ccc(Cl)cc2)cc1. The molecule has 5 heteroatoms. The Morgan fingerprint density at radius 3 is 2.00 bits per heavy atom. The molecule has 0 atom stereocenters. The van der Waals surface area contributed by atoms with Crippen LogP contribution in [0, 0.1) is 0 Å². The number of hydrogen-bond acceptors (Lipinski definition) is 4. The fraction of sp³-hybridized carbons (Fsp3) is 0.263. The Hall–Kier alpha value is -2.33. The van der Waals surface area contributed by atoms with E-state index in [2.05, 4.69) is 18.7 Å². The third kappa shape index (κ3) is 4.59. The number of benzene rings is 2. The van der Waals surface area contributed by atoms with Crippen molar-refractivity contribution in [1.82, 2.24) is 0 Å². The molecule has 0 saturated carbocycles. The molecule has 2 rings (SSSR count). The smallest absolute Gasteiger partial charge is 0.338 e. The van der Waals surface area contributed by atoms with E-state index in [0.717, 1.165) is 18.8 Å². The molecule has 0 fully saturated rings. The maximum absolute atomic E-state index is 12.0. The van der Waals surface area contributed by atoms with Gasteiger partial charge in [0.1, 0.15) is 0 Å². The van der Waals surface area contributed by atoms with Gasteiger partial charge in [-0.15, -0.1) is 0 Å². The molecule has 24 heavy (non-hydrogen) atoms. The quantitative estimate of drug-likeness (QED) is 0.556. The Labute approximate surface area is 147 Å². The summed E-state index contributed by atoms with van der Waals surface area (Å²) in [4.78, 5) is 26.2. The fourth-order valence-electron chi connectivity index (χ4n) is 2.33. The number of esters is 1. The molecule has 0 unspecified atom stereocenters. The molecule has 0 aromatic heterocycles. The zero-order valence-corrected chi connectivity index (χ0v) is 14.5. The Bertz CT molecular complexity index is 692. The molecule has 2 aromatic rings. The molecule has 0 aliphatic rings. The van der Waals surface area contributed by atoms with Crippen molar-refractivity contribution in [3.05, 3.63) is 64.7 Å². The molecule has 0 spiro atoms. The van der Waals surface area contributed by atoms with Crippen molar-refractivity contribution in [1.29, 1.82) is 0 Å². The van der Waals surface area contributed by atoms with Crippen LogP contribution in [0.5, 0.6) is 0 Å². The van der Waals surface area contributed by atoms with E-state index < -0.39 is 5.97 Å². The minimum atomic E-state index is -0.511. The zero-order valence-electron chi connectivity index (χ0n) is 13.8. The van der Waals surface area contributed by atoms with E-state index in [1.807, 2.05) is 12.1 Å². The Morgan fingerprint density at radius 1 is 0.917 bits per heavy atom. The van der Waals surface area contributed by atoms with E-state index >= 15 is 0 Å². The van der Waals surface area contributed by atoms with Gasteiger partial charge in [-0.3, -0.25) is 4.79 Å². The van der Waals surface area contributed by atoms with Crippen LogP contribution < -0.4 is 4.90 Å². The van der Waals surface area contributed by atoms with Gasteiger partial charge in [0.15, 0.2) is 12.4 Å². The van der Waals surface area contributed by atoms with Crippen molar-refractivity contribution in [3.8, 4) is 0 Å². The molecule has 0 N–H and O–H groups in total. The maximum atomic E-state index is 12.0. The number of hydrogen-bond donors (Lipinski definition) is 0. The third-order valence-electron chi connectivity index (χ3n) is 3.73. The van der Waals surface area contributed by atoms with Gasteiger partial charge >= 0.3 is 5.97 Å². The van der Waals surface area contributed by atoms with Gasteiger partial charge in [0.2, 0.25) is 0 Å². The molecule has 0 bridgehead atoms. The molecular formula is C19H20ClNO3. The van der Waals surface area contributed by atoms with E-state index in [4.69, 9.17) is 16.3 Å². The van der Waals surface area contributed by atoms with Gasteiger partial charge in [0.05, 0.1) is 5.56 Å². The predicted molar refractivity (Wildman–Crippen MR) is 96.1 cm³/mol. The molecule has 0 saturated heterocycles. The molecule has 126 valence electrons. The lowest BCUT2D eigenvalue weighted by Gasteiger charge is -2.20. The van der Waals surface area contributed by atoms with Gasteiger partial charge < -0.3 is 9.64 Å². The van der Waals surface area contributed by atoms with Gasteiger partial charge in [-0.2, -0.15) is 0 Å². The van der Waals surface area contributed by atoms with Crippen LogP contribution in [-0.2, 0) is 4.74 Å². The van der Waals surface area contributed by atoms with Crippen molar-refractivity contribution < 1.29 is 14.3 Å². The van der Waals surface area contributed by atoms with Gasteiger partial charge in [0.25, 0.3) is 0 Å². The molecular weight excluding hydrogens is 326 g/mol. The number of anilines is 1. The molecule has 0 amide bonds. The van der Waals surface area contributed by atoms with E-state index in [0.29, 0.717) is 16.1 Å². The summed E-state index contributed by atoms with van der Waals surface area (Å²) in [6, 6.07) is 13.7. The minimum Gasteiger partial charge on any atom is -0.454 e. The highest BCUT2D eigenvalue weighted by Crippen LogP contribution is 2.16. The molecule has 0 radical (unpaired) electrons. The summed E-state index contributed by atoms with van der Waals surface area (Å²) in [5.74, 6) is -0.775. The van der Waals surface area contributed by atoms with E-state index in [1.54, 1.807) is 36.4 Å². The number of carbonyl (C=O) groups is 2. The van der Waals surface area contributed by atoms with Crippen LogP contribution in [-0.4, -0.2) is 31.4 Å². The lowest BCUT2D eigenvalue weighted by atomic mass is 10.1. The number of rotatable bonds is 7. The summed E-state index contributed by atoms with van der Waals surface area (Å²) in [5.41, 5.74) is 1.94. The Morgan fingerprint density at radius 2 is 1.46 bits per heavy atom. The summed E-state index contributed by atoms with van der Waals surface area (Å²) in [5, 5.41) is 0.553. The summed E-state index contributed by atoms with van der Waals surface area (Å²) in [6.07, 6.45) is 0. The lowest BCUT2D eigenvalue weighted by molar-refractivity contribution is 0.0475. The summed E-state index contributed by atoms with van der Waals surface area (Å²) in [7, 11) is 0. The van der Waals surface area contributed by atoms with E-state index in [9.17, 15) is 9.59 Å². The van der Waals surface area contributed by atoms with Crippen LogP contribution >= 0.6 is 11.6 Å². The topological polar surface area (TPSA) is 46.6 Å². The van der Waals surface area contributed by atoms with Gasteiger partial charge in [-0.05, 0) is 62.4 Å². The molecule has 2 aromatic carbocycles. The first kappa shape index (κ1) is 18.0. The third-order valence-corrected chi connectivity index (χ3v) is 3.98. The second-order valence-electron chi connectivity index (χ2n) is 5.23. The number of nitrogens with zero attached hydrogens (tertiary/aromatic N) is 1. The van der Waals surface area contributed by atoms with Crippen LogP contribution in [0.1, 0.15) is 34.6 Å². The summed E-state index contributed by atoms with van der Waals surface area (Å²) in [6.45, 7) is 5.66. The molecule has 0 heterocycles. The van der Waals surface area contributed by atoms with Crippen LogP contribution in [0.2, 0.25) is 5.02 Å². The van der Waals surface area contributed by atoms with Crippen LogP contribution in [0.4, 0.5) is 5.69 Å². The Balaban J connectivity index is 1.94. The fourth-order valence-corrected chi connectivity index (χ4v) is 2.46.